The SMILES string of the molecule is COc1ccc(F)cc1-c1cccnc1Oc1ccc(C(C)(F)F)nc1. The molecule has 2 aromatic heterocycles. The molecule has 0 amide bonds. The molecule has 26 heavy (non-hydrogen) atoms. The van der Waals surface area contributed by atoms with Crippen LogP contribution in [0.2, 0.25) is 0 Å². The fraction of sp³-hybridized carbons (Fsp3) is 0.158. The van der Waals surface area contributed by atoms with Crippen LogP contribution in [0.3, 0.4) is 0 Å². The van der Waals surface area contributed by atoms with Crippen LogP contribution in [0.25, 0.3) is 11.1 Å². The number of hydrogen-bond donors (Lipinski definition) is 0. The number of nitrogens with zero attached hydrogens (tertiary/aromatic N) is 2. The molecule has 0 aliphatic rings. The molecule has 3 aromatic rings. The number of methoxy groups -OCH3 is 1. The Balaban J connectivity index is 1.97. The van der Waals surface area contributed by atoms with Crippen molar-refractivity contribution in [2.45, 2.75) is 12.8 Å². The molecule has 1 aromatic carbocycles. The summed E-state index contributed by atoms with van der Waals surface area (Å²) < 4.78 is 51.1. The maximum Gasteiger partial charge on any atom is 0.286 e. The Morgan fingerprint density at radius 2 is 1.81 bits per heavy atom. The number of alkyl halides is 2. The summed E-state index contributed by atoms with van der Waals surface area (Å²) in [5.74, 6) is -2.62. The number of benzene rings is 1. The van der Waals surface area contributed by atoms with Crippen LogP contribution in [-0.4, -0.2) is 17.1 Å². The third-order valence-electron chi connectivity index (χ3n) is 3.62. The Kier molecular flexibility index (Phi) is 4.79. The molecule has 0 aliphatic carbocycles. The second kappa shape index (κ2) is 7.03. The van der Waals surface area contributed by atoms with Gasteiger partial charge in [0, 0.05) is 24.2 Å². The summed E-state index contributed by atoms with van der Waals surface area (Å²) in [6.07, 6.45) is 2.70. The molecule has 134 valence electrons. The van der Waals surface area contributed by atoms with Crippen LogP contribution in [-0.2, 0) is 5.92 Å². The lowest BCUT2D eigenvalue weighted by Crippen LogP contribution is -2.09. The van der Waals surface area contributed by atoms with Gasteiger partial charge in [0.05, 0.1) is 13.3 Å². The van der Waals surface area contributed by atoms with Gasteiger partial charge in [0.25, 0.3) is 5.92 Å². The third-order valence-corrected chi connectivity index (χ3v) is 3.62. The van der Waals surface area contributed by atoms with E-state index < -0.39 is 11.7 Å². The lowest BCUT2D eigenvalue weighted by atomic mass is 10.1. The van der Waals surface area contributed by atoms with Gasteiger partial charge in [-0.2, -0.15) is 8.78 Å². The van der Waals surface area contributed by atoms with E-state index in [2.05, 4.69) is 9.97 Å². The summed E-state index contributed by atoms with van der Waals surface area (Å²) in [7, 11) is 1.47. The number of pyridine rings is 2. The van der Waals surface area contributed by atoms with Gasteiger partial charge in [-0.1, -0.05) is 0 Å². The van der Waals surface area contributed by atoms with Gasteiger partial charge in [-0.3, -0.25) is 4.98 Å². The van der Waals surface area contributed by atoms with Crippen LogP contribution in [0.5, 0.6) is 17.4 Å². The van der Waals surface area contributed by atoms with Crippen molar-refractivity contribution in [3.8, 4) is 28.5 Å². The summed E-state index contributed by atoms with van der Waals surface area (Å²) in [4.78, 5) is 7.86. The van der Waals surface area contributed by atoms with Crippen molar-refractivity contribution in [1.82, 2.24) is 9.97 Å². The molecule has 0 fully saturated rings. The Bertz CT molecular complexity index is 909. The van der Waals surface area contributed by atoms with Crippen molar-refractivity contribution in [2.24, 2.45) is 0 Å². The molecule has 7 heteroatoms. The van der Waals surface area contributed by atoms with Gasteiger partial charge in [0.1, 0.15) is 23.0 Å². The summed E-state index contributed by atoms with van der Waals surface area (Å²) in [5.41, 5.74) is 0.590. The largest absolute Gasteiger partial charge is 0.496 e. The first-order chi connectivity index (χ1) is 12.4. The summed E-state index contributed by atoms with van der Waals surface area (Å²) in [5, 5.41) is 0. The highest BCUT2D eigenvalue weighted by Gasteiger charge is 2.26. The van der Waals surface area contributed by atoms with E-state index in [9.17, 15) is 13.2 Å². The standard InChI is InChI=1S/C19H15F3N2O2/c1-19(21,22)17-8-6-13(11-24-17)26-18-14(4-3-9-23-18)15-10-12(20)5-7-16(15)25-2/h3-11H,1-2H3. The minimum atomic E-state index is -3.04. The van der Waals surface area contributed by atoms with Crippen LogP contribution < -0.4 is 9.47 Å². The molecular weight excluding hydrogens is 345 g/mol. The fourth-order valence-corrected chi connectivity index (χ4v) is 2.38. The predicted molar refractivity (Wildman–Crippen MR) is 90.1 cm³/mol. The molecule has 0 radical (unpaired) electrons. The van der Waals surface area contributed by atoms with Gasteiger partial charge in [-0.15, -0.1) is 0 Å². The fourth-order valence-electron chi connectivity index (χ4n) is 2.38. The van der Waals surface area contributed by atoms with Crippen molar-refractivity contribution in [1.29, 1.82) is 0 Å². The van der Waals surface area contributed by atoms with E-state index in [1.807, 2.05) is 0 Å². The lowest BCUT2D eigenvalue weighted by molar-refractivity contribution is 0.0127. The number of halogens is 3. The molecule has 0 atom stereocenters. The predicted octanol–water partition coefficient (Wildman–Crippen LogP) is 5.20. The molecule has 0 saturated heterocycles. The smallest absolute Gasteiger partial charge is 0.286 e. The molecule has 0 N–H and O–H groups in total. The van der Waals surface area contributed by atoms with Crippen LogP contribution in [0.1, 0.15) is 12.6 Å². The van der Waals surface area contributed by atoms with Crippen molar-refractivity contribution in [3.05, 3.63) is 66.4 Å². The van der Waals surface area contributed by atoms with Crippen molar-refractivity contribution in [2.75, 3.05) is 7.11 Å². The van der Waals surface area contributed by atoms with E-state index in [4.69, 9.17) is 9.47 Å². The quantitative estimate of drug-likeness (QED) is 0.628. The normalized spacial score (nSPS) is 11.3. The van der Waals surface area contributed by atoms with E-state index in [1.54, 1.807) is 12.1 Å². The molecule has 0 bridgehead atoms. The van der Waals surface area contributed by atoms with E-state index in [-0.39, 0.29) is 17.3 Å². The van der Waals surface area contributed by atoms with E-state index in [0.29, 0.717) is 16.9 Å². The van der Waals surface area contributed by atoms with Crippen LogP contribution in [0.4, 0.5) is 13.2 Å². The van der Waals surface area contributed by atoms with Crippen LogP contribution >= 0.6 is 0 Å². The number of rotatable bonds is 5. The Morgan fingerprint density at radius 1 is 1.00 bits per heavy atom. The Labute approximate surface area is 148 Å². The van der Waals surface area contributed by atoms with E-state index in [0.717, 1.165) is 6.92 Å². The maximum atomic E-state index is 13.7. The zero-order valence-corrected chi connectivity index (χ0v) is 14.0. The molecule has 0 spiro atoms. The number of ether oxygens (including phenoxy) is 2. The Hall–Kier alpha value is -3.09. The highest BCUT2D eigenvalue weighted by atomic mass is 19.3. The lowest BCUT2D eigenvalue weighted by Gasteiger charge is -2.14. The average Bonchev–Trinajstić information content (AvgIpc) is 2.62. The zero-order valence-electron chi connectivity index (χ0n) is 14.0. The van der Waals surface area contributed by atoms with Crippen molar-refractivity contribution < 1.29 is 22.6 Å². The Morgan fingerprint density at radius 3 is 2.46 bits per heavy atom. The molecule has 0 aliphatic heterocycles. The molecule has 3 rings (SSSR count). The summed E-state index contributed by atoms with van der Waals surface area (Å²) >= 11 is 0. The van der Waals surface area contributed by atoms with E-state index >= 15 is 0 Å². The highest BCUT2D eigenvalue weighted by Crippen LogP contribution is 2.37. The maximum absolute atomic E-state index is 13.7. The molecule has 2 heterocycles. The molecule has 4 nitrogen and oxygen atoms in total. The minimum Gasteiger partial charge on any atom is -0.496 e. The molecular formula is C19H15F3N2O2. The monoisotopic (exact) mass is 360 g/mol. The third kappa shape index (κ3) is 3.77. The van der Waals surface area contributed by atoms with Gasteiger partial charge in [-0.05, 0) is 42.5 Å². The number of aromatic nitrogens is 2. The van der Waals surface area contributed by atoms with Crippen molar-refractivity contribution in [3.63, 3.8) is 0 Å². The van der Waals surface area contributed by atoms with Gasteiger partial charge >= 0.3 is 0 Å². The summed E-state index contributed by atoms with van der Waals surface area (Å²) in [6, 6.07) is 10.0. The first-order valence-electron chi connectivity index (χ1n) is 7.69. The first-order valence-corrected chi connectivity index (χ1v) is 7.69. The van der Waals surface area contributed by atoms with E-state index in [1.165, 1.54) is 49.8 Å². The van der Waals surface area contributed by atoms with Gasteiger partial charge < -0.3 is 9.47 Å². The van der Waals surface area contributed by atoms with Crippen LogP contribution in [0.15, 0.2) is 54.9 Å². The molecule has 0 unspecified atom stereocenters. The minimum absolute atomic E-state index is 0.175. The van der Waals surface area contributed by atoms with Gasteiger partial charge in [0.2, 0.25) is 5.88 Å². The summed E-state index contributed by atoms with van der Waals surface area (Å²) in [6.45, 7) is 0.767. The van der Waals surface area contributed by atoms with Gasteiger partial charge in [-0.25, -0.2) is 9.37 Å². The van der Waals surface area contributed by atoms with Crippen LogP contribution in [0, 0.1) is 5.82 Å². The second-order valence-corrected chi connectivity index (χ2v) is 5.57. The molecule has 0 saturated carbocycles. The second-order valence-electron chi connectivity index (χ2n) is 5.57. The van der Waals surface area contributed by atoms with Crippen molar-refractivity contribution >= 4 is 0 Å². The first kappa shape index (κ1) is 17.7. The average molecular weight is 360 g/mol. The topological polar surface area (TPSA) is 44.2 Å². The number of hydrogen-bond acceptors (Lipinski definition) is 4. The zero-order chi connectivity index (χ0) is 18.7. The highest BCUT2D eigenvalue weighted by molar-refractivity contribution is 5.74. The van der Waals surface area contributed by atoms with Gasteiger partial charge in [0.15, 0.2) is 0 Å².